The van der Waals surface area contributed by atoms with Crippen LogP contribution in [0.4, 0.5) is 24.5 Å². The quantitative estimate of drug-likeness (QED) is 0.706. The molecule has 1 N–H and O–H groups in total. The molecule has 1 aliphatic carbocycles. The second kappa shape index (κ2) is 7.73. The van der Waals surface area contributed by atoms with E-state index in [0.29, 0.717) is 18.5 Å². The van der Waals surface area contributed by atoms with Crippen molar-refractivity contribution >= 4 is 17.3 Å². The molecular weight excluding hydrogens is 377 g/mol. The summed E-state index contributed by atoms with van der Waals surface area (Å²) in [6, 6.07) is 13.3. The van der Waals surface area contributed by atoms with E-state index in [9.17, 15) is 18.0 Å². The van der Waals surface area contributed by atoms with Crippen molar-refractivity contribution in [2.75, 3.05) is 23.3 Å². The first-order valence-corrected chi connectivity index (χ1v) is 10.2. The van der Waals surface area contributed by atoms with Gasteiger partial charge in [0.1, 0.15) is 0 Å². The molecule has 1 heterocycles. The van der Waals surface area contributed by atoms with E-state index in [0.717, 1.165) is 56.5 Å². The Morgan fingerprint density at radius 2 is 1.59 bits per heavy atom. The van der Waals surface area contributed by atoms with Crippen LogP contribution in [0.25, 0.3) is 0 Å². The van der Waals surface area contributed by atoms with Gasteiger partial charge in [-0.3, -0.25) is 4.79 Å². The van der Waals surface area contributed by atoms with Crippen LogP contribution in [0, 0.1) is 0 Å². The summed E-state index contributed by atoms with van der Waals surface area (Å²) in [7, 11) is 0. The van der Waals surface area contributed by atoms with Crippen molar-refractivity contribution in [2.45, 2.75) is 50.1 Å². The molecule has 0 aromatic heterocycles. The topological polar surface area (TPSA) is 32.3 Å². The molecule has 1 aliphatic heterocycles. The number of nitrogens with one attached hydrogen (secondary N) is 1. The molecule has 29 heavy (non-hydrogen) atoms. The van der Waals surface area contributed by atoms with Crippen LogP contribution in [0.1, 0.15) is 49.7 Å². The highest BCUT2D eigenvalue weighted by molar-refractivity contribution is 6.01. The number of halogens is 3. The van der Waals surface area contributed by atoms with Crippen LogP contribution in [0.3, 0.4) is 0 Å². The highest BCUT2D eigenvalue weighted by Gasteiger charge is 2.43. The predicted molar refractivity (Wildman–Crippen MR) is 108 cm³/mol. The maximum Gasteiger partial charge on any atom is 0.416 e. The van der Waals surface area contributed by atoms with Crippen LogP contribution in [0.15, 0.2) is 48.5 Å². The Balaban J connectivity index is 1.70. The van der Waals surface area contributed by atoms with Gasteiger partial charge in [-0.1, -0.05) is 43.2 Å². The number of rotatable bonds is 4. The summed E-state index contributed by atoms with van der Waals surface area (Å²) in [5.74, 6) is -0.207. The van der Waals surface area contributed by atoms with Gasteiger partial charge in [0.2, 0.25) is 5.91 Å². The summed E-state index contributed by atoms with van der Waals surface area (Å²) in [6.45, 7) is 1.58. The summed E-state index contributed by atoms with van der Waals surface area (Å²) in [4.78, 5) is 15.5. The van der Waals surface area contributed by atoms with Crippen LogP contribution in [0.5, 0.6) is 0 Å². The van der Waals surface area contributed by atoms with E-state index in [2.05, 4.69) is 10.2 Å². The van der Waals surface area contributed by atoms with Gasteiger partial charge < -0.3 is 10.2 Å². The first-order chi connectivity index (χ1) is 13.9. The van der Waals surface area contributed by atoms with E-state index < -0.39 is 17.2 Å². The van der Waals surface area contributed by atoms with Crippen molar-refractivity contribution in [3.63, 3.8) is 0 Å². The summed E-state index contributed by atoms with van der Waals surface area (Å²) >= 11 is 0. The molecule has 4 rings (SSSR count). The smallest absolute Gasteiger partial charge is 0.370 e. The minimum atomic E-state index is -4.45. The number of benzene rings is 2. The van der Waals surface area contributed by atoms with Crippen LogP contribution < -0.4 is 10.2 Å². The predicted octanol–water partition coefficient (Wildman–Crippen LogP) is 5.76. The van der Waals surface area contributed by atoms with Crippen molar-refractivity contribution in [2.24, 2.45) is 0 Å². The Morgan fingerprint density at radius 3 is 2.21 bits per heavy atom. The summed E-state index contributed by atoms with van der Waals surface area (Å²) in [5.41, 5.74) is 0.442. The molecule has 0 unspecified atom stereocenters. The number of alkyl halides is 3. The third-order valence-corrected chi connectivity index (χ3v) is 6.24. The zero-order valence-corrected chi connectivity index (χ0v) is 16.3. The third kappa shape index (κ3) is 3.85. The van der Waals surface area contributed by atoms with Gasteiger partial charge in [-0.15, -0.1) is 0 Å². The molecule has 0 bridgehead atoms. The normalized spacial score (nSPS) is 18.8. The van der Waals surface area contributed by atoms with Crippen molar-refractivity contribution in [1.29, 1.82) is 0 Å². The van der Waals surface area contributed by atoms with E-state index in [4.69, 9.17) is 0 Å². The number of nitrogens with zero attached hydrogens (tertiary/aromatic N) is 1. The van der Waals surface area contributed by atoms with Crippen molar-refractivity contribution < 1.29 is 18.0 Å². The highest BCUT2D eigenvalue weighted by atomic mass is 19.4. The molecule has 1 amide bonds. The van der Waals surface area contributed by atoms with Crippen molar-refractivity contribution in [1.82, 2.24) is 0 Å². The third-order valence-electron chi connectivity index (χ3n) is 6.24. The number of anilines is 2. The molecule has 2 aromatic carbocycles. The Morgan fingerprint density at radius 1 is 0.931 bits per heavy atom. The van der Waals surface area contributed by atoms with E-state index in [-0.39, 0.29) is 11.6 Å². The maximum atomic E-state index is 13.5. The number of carbonyl (C=O) groups is 1. The largest absolute Gasteiger partial charge is 0.416 e. The second-order valence-electron chi connectivity index (χ2n) is 8.03. The molecule has 2 aliphatic rings. The highest BCUT2D eigenvalue weighted by Crippen LogP contribution is 2.43. The zero-order chi connectivity index (χ0) is 20.5. The molecule has 2 fully saturated rings. The average Bonchev–Trinajstić information content (AvgIpc) is 3.41. The first kappa shape index (κ1) is 19.8. The molecule has 0 radical (unpaired) electrons. The summed E-state index contributed by atoms with van der Waals surface area (Å²) in [5, 5.41) is 2.90. The van der Waals surface area contributed by atoms with E-state index in [1.807, 2.05) is 30.3 Å². The van der Waals surface area contributed by atoms with E-state index in [1.54, 1.807) is 0 Å². The molecular formula is C23H25F3N2O. The van der Waals surface area contributed by atoms with Crippen molar-refractivity contribution in [3.05, 3.63) is 59.7 Å². The lowest BCUT2D eigenvalue weighted by Gasteiger charge is -2.30. The maximum absolute atomic E-state index is 13.5. The number of hydrogen-bond donors (Lipinski definition) is 1. The fraction of sp³-hybridized carbons (Fsp3) is 0.435. The molecule has 2 aromatic rings. The SMILES string of the molecule is O=C(Nc1cc(C(F)(F)F)ccc1N1CCCC1)C1(c2ccccc2)CCCC1. The molecule has 0 spiro atoms. The number of hydrogen-bond acceptors (Lipinski definition) is 2. The molecule has 1 saturated carbocycles. The monoisotopic (exact) mass is 402 g/mol. The van der Waals surface area contributed by atoms with Gasteiger partial charge in [0.05, 0.1) is 22.4 Å². The Bertz CT molecular complexity index is 867. The van der Waals surface area contributed by atoms with E-state index in [1.165, 1.54) is 6.07 Å². The minimum absolute atomic E-state index is 0.207. The minimum Gasteiger partial charge on any atom is -0.370 e. The summed E-state index contributed by atoms with van der Waals surface area (Å²) < 4.78 is 40.0. The molecule has 0 atom stereocenters. The first-order valence-electron chi connectivity index (χ1n) is 10.2. The number of carbonyl (C=O) groups excluding carboxylic acids is 1. The molecule has 3 nitrogen and oxygen atoms in total. The zero-order valence-electron chi connectivity index (χ0n) is 16.3. The average molecular weight is 402 g/mol. The van der Waals surface area contributed by atoms with Crippen LogP contribution in [-0.4, -0.2) is 19.0 Å². The van der Waals surface area contributed by atoms with Crippen LogP contribution in [-0.2, 0) is 16.4 Å². The molecule has 154 valence electrons. The number of amides is 1. The lowest BCUT2D eigenvalue weighted by Crippen LogP contribution is -2.38. The fourth-order valence-electron chi connectivity index (χ4n) is 4.67. The van der Waals surface area contributed by atoms with Crippen LogP contribution in [0.2, 0.25) is 0 Å². The van der Waals surface area contributed by atoms with Gasteiger partial charge >= 0.3 is 6.18 Å². The van der Waals surface area contributed by atoms with Gasteiger partial charge in [0.15, 0.2) is 0 Å². The Hall–Kier alpha value is -2.50. The Labute approximate surface area is 168 Å². The van der Waals surface area contributed by atoms with Gasteiger partial charge in [-0.25, -0.2) is 0 Å². The van der Waals surface area contributed by atoms with Gasteiger partial charge in [-0.2, -0.15) is 13.2 Å². The summed E-state index contributed by atoms with van der Waals surface area (Å²) in [6.07, 6.45) is 0.841. The van der Waals surface area contributed by atoms with Gasteiger partial charge in [0.25, 0.3) is 0 Å². The molecule has 1 saturated heterocycles. The lowest BCUT2D eigenvalue weighted by molar-refractivity contribution is -0.137. The molecule has 6 heteroatoms. The van der Waals surface area contributed by atoms with Gasteiger partial charge in [-0.05, 0) is 49.4 Å². The van der Waals surface area contributed by atoms with Gasteiger partial charge in [0, 0.05) is 13.1 Å². The fourth-order valence-corrected chi connectivity index (χ4v) is 4.67. The second-order valence-corrected chi connectivity index (χ2v) is 8.03. The van der Waals surface area contributed by atoms with E-state index >= 15 is 0 Å². The lowest BCUT2D eigenvalue weighted by atomic mass is 9.78. The van der Waals surface area contributed by atoms with Crippen molar-refractivity contribution in [3.8, 4) is 0 Å². The Kier molecular flexibility index (Phi) is 5.28. The standard InChI is InChI=1S/C23H25F3N2O/c24-23(25,26)18-10-11-20(28-14-6-7-15-28)19(16-18)27-21(29)22(12-4-5-13-22)17-8-2-1-3-9-17/h1-3,8-11,16H,4-7,12-15H2,(H,27,29). The van der Waals surface area contributed by atoms with Crippen LogP contribution >= 0.6 is 0 Å².